The van der Waals surface area contributed by atoms with Crippen LogP contribution in [-0.4, -0.2) is 35.0 Å². The van der Waals surface area contributed by atoms with Crippen molar-refractivity contribution in [2.75, 3.05) is 25.2 Å². The minimum absolute atomic E-state index is 0.0857. The van der Waals surface area contributed by atoms with E-state index in [1.807, 2.05) is 36.4 Å². The van der Waals surface area contributed by atoms with E-state index in [0.717, 1.165) is 17.1 Å². The molecule has 3 aromatic rings. The van der Waals surface area contributed by atoms with Gasteiger partial charge >= 0.3 is 0 Å². The van der Waals surface area contributed by atoms with Crippen LogP contribution in [0.5, 0.6) is 5.75 Å². The Bertz CT molecular complexity index is 1070. The zero-order valence-corrected chi connectivity index (χ0v) is 19.3. The zero-order valence-electron chi connectivity index (χ0n) is 17.7. The summed E-state index contributed by atoms with van der Waals surface area (Å²) in [7, 11) is 3.71. The van der Waals surface area contributed by atoms with Crippen molar-refractivity contribution in [1.82, 2.24) is 14.9 Å². The van der Waals surface area contributed by atoms with E-state index in [0.29, 0.717) is 29.1 Å². The van der Waals surface area contributed by atoms with Crippen LogP contribution >= 0.6 is 23.8 Å². The van der Waals surface area contributed by atoms with Crippen molar-refractivity contribution < 1.29 is 9.47 Å². The van der Waals surface area contributed by atoms with E-state index in [1.54, 1.807) is 13.3 Å². The normalized spacial score (nSPS) is 18.3. The lowest BCUT2D eigenvalue weighted by Gasteiger charge is -2.29. The van der Waals surface area contributed by atoms with Crippen LogP contribution in [0.2, 0.25) is 5.02 Å². The van der Waals surface area contributed by atoms with Crippen molar-refractivity contribution in [2.24, 2.45) is 7.05 Å². The monoisotopic (exact) mass is 456 g/mol. The topological polar surface area (TPSA) is 51.6 Å². The quantitative estimate of drug-likeness (QED) is 0.414. The molecule has 0 bridgehead atoms. The van der Waals surface area contributed by atoms with Gasteiger partial charge in [-0.2, -0.15) is 0 Å². The molecule has 6 nitrogen and oxygen atoms in total. The predicted octanol–water partition coefficient (Wildman–Crippen LogP) is 4.58. The second kappa shape index (κ2) is 9.26. The molecule has 162 valence electrons. The zero-order chi connectivity index (χ0) is 22.0. The molecule has 0 amide bonds. The van der Waals surface area contributed by atoms with E-state index in [1.165, 1.54) is 5.69 Å². The van der Waals surface area contributed by atoms with Gasteiger partial charge in [0.15, 0.2) is 5.11 Å². The van der Waals surface area contributed by atoms with Gasteiger partial charge in [-0.05, 0) is 61.6 Å². The minimum atomic E-state index is -0.0990. The first kappa shape index (κ1) is 21.6. The summed E-state index contributed by atoms with van der Waals surface area (Å²) >= 11 is 12.3. The van der Waals surface area contributed by atoms with Crippen molar-refractivity contribution in [3.8, 4) is 5.75 Å². The fourth-order valence-corrected chi connectivity index (χ4v) is 4.43. The third-order valence-corrected chi connectivity index (χ3v) is 6.16. The largest absolute Gasteiger partial charge is 0.490 e. The van der Waals surface area contributed by atoms with Gasteiger partial charge in [0.2, 0.25) is 0 Å². The summed E-state index contributed by atoms with van der Waals surface area (Å²) in [5, 5.41) is 4.63. The number of hydrogen-bond donors (Lipinski definition) is 1. The summed E-state index contributed by atoms with van der Waals surface area (Å²) in [4.78, 5) is 6.70. The number of nitrogens with one attached hydrogen (secondary N) is 1. The van der Waals surface area contributed by atoms with Gasteiger partial charge < -0.3 is 24.3 Å². The summed E-state index contributed by atoms with van der Waals surface area (Å²) in [6, 6.07) is 15.7. The SMILES string of the molecule is COCCOc1ccc(N2C(=S)NC(c3ccccn3)C2c2ccc(C)n2C)cc1Cl. The molecule has 2 aromatic heterocycles. The fourth-order valence-electron chi connectivity index (χ4n) is 3.86. The van der Waals surface area contributed by atoms with E-state index in [-0.39, 0.29) is 12.1 Å². The van der Waals surface area contributed by atoms with E-state index < -0.39 is 0 Å². The summed E-state index contributed by atoms with van der Waals surface area (Å²) in [6.07, 6.45) is 1.80. The Morgan fingerprint density at radius 1 is 1.16 bits per heavy atom. The number of rotatable bonds is 7. The molecular weight excluding hydrogens is 432 g/mol. The highest BCUT2D eigenvalue weighted by Gasteiger charge is 2.42. The maximum atomic E-state index is 6.54. The van der Waals surface area contributed by atoms with Crippen molar-refractivity contribution in [3.05, 3.63) is 76.8 Å². The number of anilines is 1. The third kappa shape index (κ3) is 4.26. The van der Waals surface area contributed by atoms with Crippen LogP contribution in [0.3, 0.4) is 0 Å². The summed E-state index contributed by atoms with van der Waals surface area (Å²) in [6.45, 7) is 3.03. The van der Waals surface area contributed by atoms with Crippen LogP contribution in [0.4, 0.5) is 5.69 Å². The first-order valence-corrected chi connectivity index (χ1v) is 10.8. The molecule has 0 spiro atoms. The molecular formula is C23H25ClN4O2S. The molecule has 2 atom stereocenters. The molecule has 1 aliphatic rings. The Kier molecular flexibility index (Phi) is 6.46. The number of aryl methyl sites for hydroxylation is 1. The van der Waals surface area contributed by atoms with Crippen LogP contribution in [0, 0.1) is 6.92 Å². The van der Waals surface area contributed by atoms with Gasteiger partial charge in [0, 0.05) is 37.4 Å². The average Bonchev–Trinajstić information content (AvgIpc) is 3.28. The molecule has 1 saturated heterocycles. The molecule has 2 unspecified atom stereocenters. The highest BCUT2D eigenvalue weighted by Crippen LogP contribution is 2.43. The Morgan fingerprint density at radius 3 is 2.65 bits per heavy atom. The molecule has 1 fully saturated rings. The second-order valence-corrected chi connectivity index (χ2v) is 8.21. The maximum absolute atomic E-state index is 6.54. The maximum Gasteiger partial charge on any atom is 0.174 e. The van der Waals surface area contributed by atoms with Crippen LogP contribution in [0.15, 0.2) is 54.7 Å². The number of nitrogens with zero attached hydrogens (tertiary/aromatic N) is 3. The molecule has 1 aromatic carbocycles. The number of benzene rings is 1. The third-order valence-electron chi connectivity index (χ3n) is 5.55. The van der Waals surface area contributed by atoms with Gasteiger partial charge in [-0.3, -0.25) is 4.98 Å². The standard InChI is InChI=1S/C23H25ClN4O2S/c1-15-7-9-19(27(15)2)22-21(18-6-4-5-11-25-18)26-23(31)28(22)16-8-10-20(17(24)14-16)30-13-12-29-3/h4-11,14,21-22H,12-13H2,1-3H3,(H,26,31). The average molecular weight is 457 g/mol. The number of thiocarbonyl (C=S) groups is 1. The number of halogens is 1. The lowest BCUT2D eigenvalue weighted by molar-refractivity contribution is 0.146. The Labute approximate surface area is 192 Å². The molecule has 3 heterocycles. The number of ether oxygens (including phenoxy) is 2. The van der Waals surface area contributed by atoms with Gasteiger partial charge in [-0.15, -0.1) is 0 Å². The first-order chi connectivity index (χ1) is 15.0. The van der Waals surface area contributed by atoms with Crippen LogP contribution in [-0.2, 0) is 11.8 Å². The van der Waals surface area contributed by atoms with Gasteiger partial charge in [0.1, 0.15) is 18.4 Å². The number of hydrogen-bond acceptors (Lipinski definition) is 4. The van der Waals surface area contributed by atoms with Crippen molar-refractivity contribution >= 4 is 34.6 Å². The van der Waals surface area contributed by atoms with Gasteiger partial charge in [-0.1, -0.05) is 17.7 Å². The Morgan fingerprint density at radius 2 is 2.00 bits per heavy atom. The van der Waals surface area contributed by atoms with Crippen molar-refractivity contribution in [3.63, 3.8) is 0 Å². The number of methoxy groups -OCH3 is 1. The summed E-state index contributed by atoms with van der Waals surface area (Å²) < 4.78 is 12.9. The van der Waals surface area contributed by atoms with Gasteiger partial charge in [0.05, 0.1) is 23.4 Å². The second-order valence-electron chi connectivity index (χ2n) is 7.41. The van der Waals surface area contributed by atoms with E-state index in [4.69, 9.17) is 33.3 Å². The molecule has 4 rings (SSSR count). The Balaban J connectivity index is 1.74. The van der Waals surface area contributed by atoms with Crippen LogP contribution in [0.1, 0.15) is 29.2 Å². The highest BCUT2D eigenvalue weighted by molar-refractivity contribution is 7.80. The smallest absolute Gasteiger partial charge is 0.174 e. The van der Waals surface area contributed by atoms with Crippen LogP contribution < -0.4 is 15.0 Å². The molecule has 1 aliphatic heterocycles. The van der Waals surface area contributed by atoms with Crippen LogP contribution in [0.25, 0.3) is 0 Å². The molecule has 31 heavy (non-hydrogen) atoms. The number of aromatic nitrogens is 2. The molecule has 1 N–H and O–H groups in total. The summed E-state index contributed by atoms with van der Waals surface area (Å²) in [5.74, 6) is 0.619. The molecule has 0 radical (unpaired) electrons. The minimum Gasteiger partial charge on any atom is -0.490 e. The van der Waals surface area contributed by atoms with Gasteiger partial charge in [-0.25, -0.2) is 0 Å². The van der Waals surface area contributed by atoms with E-state index >= 15 is 0 Å². The molecule has 0 saturated carbocycles. The highest BCUT2D eigenvalue weighted by atomic mass is 35.5. The Hall–Kier alpha value is -2.61. The van der Waals surface area contributed by atoms with E-state index in [9.17, 15) is 0 Å². The lowest BCUT2D eigenvalue weighted by Crippen LogP contribution is -2.30. The fraction of sp³-hybridized carbons (Fsp3) is 0.304. The number of pyridine rings is 1. The first-order valence-electron chi connectivity index (χ1n) is 10.1. The lowest BCUT2D eigenvalue weighted by atomic mass is 10.0. The van der Waals surface area contributed by atoms with E-state index in [2.05, 4.69) is 45.9 Å². The van der Waals surface area contributed by atoms with Crippen molar-refractivity contribution in [2.45, 2.75) is 19.0 Å². The molecule has 0 aliphatic carbocycles. The van der Waals surface area contributed by atoms with Gasteiger partial charge in [0.25, 0.3) is 0 Å². The predicted molar refractivity (Wildman–Crippen MR) is 127 cm³/mol. The van der Waals surface area contributed by atoms with Crippen molar-refractivity contribution in [1.29, 1.82) is 0 Å². The molecule has 8 heteroatoms. The summed E-state index contributed by atoms with van der Waals surface area (Å²) in [5.41, 5.74) is 4.13.